The first kappa shape index (κ1) is 12.7. The molecule has 5 fully saturated rings. The van der Waals surface area contributed by atoms with Crippen LogP contribution in [0.15, 0.2) is 0 Å². The zero-order valence-electron chi connectivity index (χ0n) is 12.4. The Balaban J connectivity index is 1.53. The smallest absolute Gasteiger partial charge is 0.0124 e. The van der Waals surface area contributed by atoms with Gasteiger partial charge in [0.25, 0.3) is 0 Å². The fourth-order valence-electron chi connectivity index (χ4n) is 6.76. The van der Waals surface area contributed by atoms with Crippen LogP contribution in [0.25, 0.3) is 0 Å². The maximum Gasteiger partial charge on any atom is 0.0124 e. The largest absolute Gasteiger partial charge is 0.327 e. The first-order chi connectivity index (χ1) is 9.25. The first-order valence-electron chi connectivity index (χ1n) is 9.01. The molecule has 0 aromatic heterocycles. The Morgan fingerprint density at radius 1 is 0.737 bits per heavy atom. The van der Waals surface area contributed by atoms with Gasteiger partial charge in [-0.2, -0.15) is 0 Å². The maximum atomic E-state index is 6.92. The van der Waals surface area contributed by atoms with Crippen LogP contribution in [-0.2, 0) is 0 Å². The Hall–Kier alpha value is -0.0400. The van der Waals surface area contributed by atoms with E-state index in [1.807, 2.05) is 0 Å². The maximum absolute atomic E-state index is 6.92. The average Bonchev–Trinajstić information content (AvgIpc) is 2.65. The predicted octanol–water partition coefficient (Wildman–Crippen LogP) is 4.50. The van der Waals surface area contributed by atoms with Crippen LogP contribution >= 0.6 is 0 Å². The molecule has 0 saturated heterocycles. The van der Waals surface area contributed by atoms with Gasteiger partial charge in [0.15, 0.2) is 0 Å². The SMILES string of the molecule is NC(C1CCCCCC1)C12CC3CC(CC(C3)C1)C2. The second-order valence-corrected chi connectivity index (χ2v) is 8.56. The highest BCUT2D eigenvalue weighted by atomic mass is 14.8. The fourth-order valence-corrected chi connectivity index (χ4v) is 6.76. The van der Waals surface area contributed by atoms with Gasteiger partial charge in [0.1, 0.15) is 0 Å². The van der Waals surface area contributed by atoms with Crippen molar-refractivity contribution in [1.82, 2.24) is 0 Å². The Kier molecular flexibility index (Phi) is 3.17. The molecular weight excluding hydrogens is 230 g/mol. The molecule has 0 radical (unpaired) electrons. The summed E-state index contributed by atoms with van der Waals surface area (Å²) in [6, 6.07) is 0.541. The van der Waals surface area contributed by atoms with E-state index in [1.165, 1.54) is 57.8 Å². The zero-order valence-corrected chi connectivity index (χ0v) is 12.4. The lowest BCUT2D eigenvalue weighted by Crippen LogP contribution is -2.56. The summed E-state index contributed by atoms with van der Waals surface area (Å²) in [7, 11) is 0. The molecule has 0 aliphatic heterocycles. The van der Waals surface area contributed by atoms with E-state index in [9.17, 15) is 0 Å². The van der Waals surface area contributed by atoms with Crippen molar-refractivity contribution in [1.29, 1.82) is 0 Å². The average molecular weight is 261 g/mol. The lowest BCUT2D eigenvalue weighted by Gasteiger charge is -2.60. The predicted molar refractivity (Wildman–Crippen MR) is 79.8 cm³/mol. The number of hydrogen-bond donors (Lipinski definition) is 1. The van der Waals surface area contributed by atoms with Gasteiger partial charge in [0.2, 0.25) is 0 Å². The molecular formula is C18H31N. The van der Waals surface area contributed by atoms with E-state index in [1.54, 1.807) is 19.3 Å². The summed E-state index contributed by atoms with van der Waals surface area (Å²) in [5.74, 6) is 4.04. The molecule has 5 rings (SSSR count). The molecule has 5 aliphatic carbocycles. The minimum Gasteiger partial charge on any atom is -0.327 e. The Morgan fingerprint density at radius 3 is 1.68 bits per heavy atom. The van der Waals surface area contributed by atoms with Gasteiger partial charge in [-0.05, 0) is 80.5 Å². The van der Waals surface area contributed by atoms with Crippen LogP contribution in [0.1, 0.15) is 77.0 Å². The van der Waals surface area contributed by atoms with Crippen LogP contribution in [0.4, 0.5) is 0 Å². The summed E-state index contributed by atoms with van der Waals surface area (Å²) in [4.78, 5) is 0. The van der Waals surface area contributed by atoms with Crippen LogP contribution in [0, 0.1) is 29.1 Å². The zero-order chi connectivity index (χ0) is 12.9. The van der Waals surface area contributed by atoms with Crippen molar-refractivity contribution in [3.05, 3.63) is 0 Å². The molecule has 0 heterocycles. The summed E-state index contributed by atoms with van der Waals surface area (Å²) in [5.41, 5.74) is 7.50. The van der Waals surface area contributed by atoms with Crippen molar-refractivity contribution in [2.45, 2.75) is 83.1 Å². The van der Waals surface area contributed by atoms with E-state index in [0.717, 1.165) is 23.7 Å². The van der Waals surface area contributed by atoms with E-state index in [4.69, 9.17) is 5.73 Å². The molecule has 108 valence electrons. The van der Waals surface area contributed by atoms with Crippen molar-refractivity contribution in [2.75, 3.05) is 0 Å². The van der Waals surface area contributed by atoms with Gasteiger partial charge in [-0.25, -0.2) is 0 Å². The van der Waals surface area contributed by atoms with E-state index < -0.39 is 0 Å². The van der Waals surface area contributed by atoms with Gasteiger partial charge in [0, 0.05) is 6.04 Å². The molecule has 4 bridgehead atoms. The van der Waals surface area contributed by atoms with Crippen molar-refractivity contribution >= 4 is 0 Å². The standard InChI is InChI=1S/C18H31N/c19-17(16-5-3-1-2-4-6-16)18-10-13-7-14(11-18)9-15(8-13)12-18/h13-17H,1-12,19H2. The Bertz CT molecular complexity index is 291. The quantitative estimate of drug-likeness (QED) is 0.728. The fraction of sp³-hybridized carbons (Fsp3) is 1.00. The van der Waals surface area contributed by atoms with Crippen molar-refractivity contribution in [2.24, 2.45) is 34.8 Å². The number of hydrogen-bond acceptors (Lipinski definition) is 1. The molecule has 0 spiro atoms. The summed E-state index contributed by atoms with van der Waals surface area (Å²) >= 11 is 0. The van der Waals surface area contributed by atoms with Crippen molar-refractivity contribution in [3.8, 4) is 0 Å². The van der Waals surface area contributed by atoms with Crippen LogP contribution in [0.2, 0.25) is 0 Å². The monoisotopic (exact) mass is 261 g/mol. The lowest BCUT2D eigenvalue weighted by atomic mass is 9.46. The third-order valence-corrected chi connectivity index (χ3v) is 7.20. The van der Waals surface area contributed by atoms with Crippen LogP contribution in [0.5, 0.6) is 0 Å². The van der Waals surface area contributed by atoms with Gasteiger partial charge in [-0.3, -0.25) is 0 Å². The molecule has 0 amide bonds. The normalized spacial score (nSPS) is 48.2. The second kappa shape index (κ2) is 4.76. The van der Waals surface area contributed by atoms with E-state index >= 15 is 0 Å². The Morgan fingerprint density at radius 2 is 1.21 bits per heavy atom. The van der Waals surface area contributed by atoms with Crippen molar-refractivity contribution < 1.29 is 0 Å². The summed E-state index contributed by atoms with van der Waals surface area (Å²) in [5, 5.41) is 0. The van der Waals surface area contributed by atoms with Gasteiger partial charge >= 0.3 is 0 Å². The minimum absolute atomic E-state index is 0.541. The highest BCUT2D eigenvalue weighted by Gasteiger charge is 2.54. The lowest BCUT2D eigenvalue weighted by molar-refractivity contribution is -0.0780. The van der Waals surface area contributed by atoms with E-state index in [0.29, 0.717) is 11.5 Å². The minimum atomic E-state index is 0.541. The van der Waals surface area contributed by atoms with Gasteiger partial charge in [-0.15, -0.1) is 0 Å². The summed E-state index contributed by atoms with van der Waals surface area (Å²) in [6.07, 6.45) is 17.8. The van der Waals surface area contributed by atoms with Gasteiger partial charge in [0.05, 0.1) is 0 Å². The summed E-state index contributed by atoms with van der Waals surface area (Å²) < 4.78 is 0. The molecule has 0 aromatic carbocycles. The molecule has 5 saturated carbocycles. The van der Waals surface area contributed by atoms with E-state index in [2.05, 4.69) is 0 Å². The highest BCUT2D eigenvalue weighted by molar-refractivity contribution is 5.06. The van der Waals surface area contributed by atoms with Crippen LogP contribution in [-0.4, -0.2) is 6.04 Å². The number of rotatable bonds is 2. The number of nitrogens with two attached hydrogens (primary N) is 1. The summed E-state index contributed by atoms with van der Waals surface area (Å²) in [6.45, 7) is 0. The molecule has 1 unspecified atom stereocenters. The third-order valence-electron chi connectivity index (χ3n) is 7.20. The van der Waals surface area contributed by atoms with Gasteiger partial charge < -0.3 is 5.73 Å². The van der Waals surface area contributed by atoms with Crippen LogP contribution < -0.4 is 5.73 Å². The molecule has 0 aromatic rings. The molecule has 19 heavy (non-hydrogen) atoms. The van der Waals surface area contributed by atoms with Crippen molar-refractivity contribution in [3.63, 3.8) is 0 Å². The Labute approximate surface area is 118 Å². The molecule has 1 heteroatoms. The molecule has 5 aliphatic rings. The van der Waals surface area contributed by atoms with E-state index in [-0.39, 0.29) is 0 Å². The van der Waals surface area contributed by atoms with Gasteiger partial charge in [-0.1, -0.05) is 25.7 Å². The third kappa shape index (κ3) is 2.17. The highest BCUT2D eigenvalue weighted by Crippen LogP contribution is 2.62. The molecule has 1 atom stereocenters. The second-order valence-electron chi connectivity index (χ2n) is 8.56. The first-order valence-corrected chi connectivity index (χ1v) is 9.01. The molecule has 1 nitrogen and oxygen atoms in total. The molecule has 2 N–H and O–H groups in total. The van der Waals surface area contributed by atoms with Crippen LogP contribution in [0.3, 0.4) is 0 Å². The topological polar surface area (TPSA) is 26.0 Å².